The highest BCUT2D eigenvalue weighted by Gasteiger charge is 2.32. The van der Waals surface area contributed by atoms with Crippen LogP contribution < -0.4 is 5.32 Å². The first-order valence-corrected chi connectivity index (χ1v) is 13.6. The van der Waals surface area contributed by atoms with Crippen molar-refractivity contribution in [2.24, 2.45) is 5.92 Å². The Labute approximate surface area is 187 Å². The second kappa shape index (κ2) is 10.7. The van der Waals surface area contributed by atoms with Gasteiger partial charge in [0.25, 0.3) is 0 Å². The van der Waals surface area contributed by atoms with Gasteiger partial charge in [0.05, 0.1) is 11.7 Å². The number of hydrogen-bond acceptors (Lipinski definition) is 4. The zero-order chi connectivity index (χ0) is 20.9. The van der Waals surface area contributed by atoms with E-state index in [0.29, 0.717) is 35.1 Å². The maximum absolute atomic E-state index is 12.9. The van der Waals surface area contributed by atoms with Crippen LogP contribution in [0, 0.1) is 5.92 Å². The molecule has 1 amide bonds. The molecule has 3 rings (SSSR count). The highest BCUT2D eigenvalue weighted by atomic mass is 35.5. The van der Waals surface area contributed by atoms with E-state index in [9.17, 15) is 13.2 Å². The number of sulfonamides is 1. The van der Waals surface area contributed by atoms with Crippen LogP contribution in [-0.2, 0) is 20.6 Å². The summed E-state index contributed by atoms with van der Waals surface area (Å²) in [6.45, 7) is 1.31. The van der Waals surface area contributed by atoms with Crippen molar-refractivity contribution >= 4 is 50.9 Å². The number of carbonyl (C=O) groups is 1. The quantitative estimate of drug-likeness (QED) is 0.564. The van der Waals surface area contributed by atoms with E-state index in [1.807, 2.05) is 11.8 Å². The van der Waals surface area contributed by atoms with Crippen LogP contribution in [0.25, 0.3) is 0 Å². The average molecular weight is 479 g/mol. The number of nitrogens with one attached hydrogen (secondary N) is 1. The fourth-order valence-corrected chi connectivity index (χ4v) is 7.35. The molecule has 2 aliphatic rings. The van der Waals surface area contributed by atoms with Crippen molar-refractivity contribution in [3.05, 3.63) is 33.8 Å². The number of amides is 1. The smallest absolute Gasteiger partial charge is 0.224 e. The lowest BCUT2D eigenvalue weighted by molar-refractivity contribution is -0.125. The van der Waals surface area contributed by atoms with Crippen molar-refractivity contribution in [2.45, 2.75) is 49.5 Å². The molecule has 1 aliphatic carbocycles. The van der Waals surface area contributed by atoms with Crippen LogP contribution in [-0.4, -0.2) is 49.3 Å². The zero-order valence-corrected chi connectivity index (χ0v) is 19.6. The summed E-state index contributed by atoms with van der Waals surface area (Å²) in [5.74, 6) is 0.396. The minimum Gasteiger partial charge on any atom is -0.355 e. The maximum atomic E-state index is 12.9. The van der Waals surface area contributed by atoms with Crippen LogP contribution in [0.1, 0.15) is 44.1 Å². The molecule has 0 spiro atoms. The lowest BCUT2D eigenvalue weighted by Crippen LogP contribution is -2.46. The molecule has 9 heteroatoms. The van der Waals surface area contributed by atoms with Crippen molar-refractivity contribution in [1.82, 2.24) is 9.62 Å². The SMILES string of the molecule is O=C(NCCSC1CCCC1)C1CCCN(S(=O)(=O)Cc2ccc(Cl)cc2Cl)C1. The number of thioether (sulfide) groups is 1. The summed E-state index contributed by atoms with van der Waals surface area (Å²) in [5.41, 5.74) is 0.520. The van der Waals surface area contributed by atoms with Gasteiger partial charge in [-0.3, -0.25) is 4.79 Å². The van der Waals surface area contributed by atoms with E-state index >= 15 is 0 Å². The van der Waals surface area contributed by atoms with Crippen LogP contribution in [0.15, 0.2) is 18.2 Å². The molecule has 0 radical (unpaired) electrons. The molecule has 5 nitrogen and oxygen atoms in total. The Kier molecular flexibility index (Phi) is 8.57. The fraction of sp³-hybridized carbons (Fsp3) is 0.650. The van der Waals surface area contributed by atoms with Crippen molar-refractivity contribution < 1.29 is 13.2 Å². The van der Waals surface area contributed by atoms with Gasteiger partial charge in [-0.2, -0.15) is 11.8 Å². The van der Waals surface area contributed by atoms with Gasteiger partial charge in [-0.15, -0.1) is 0 Å². The monoisotopic (exact) mass is 478 g/mol. The normalized spacial score (nSPS) is 21.4. The van der Waals surface area contributed by atoms with Gasteiger partial charge < -0.3 is 5.32 Å². The number of nitrogens with zero attached hydrogens (tertiary/aromatic N) is 1. The van der Waals surface area contributed by atoms with Gasteiger partial charge in [0, 0.05) is 40.7 Å². The Bertz CT molecular complexity index is 814. The zero-order valence-electron chi connectivity index (χ0n) is 16.4. The van der Waals surface area contributed by atoms with Gasteiger partial charge in [-0.05, 0) is 43.4 Å². The summed E-state index contributed by atoms with van der Waals surface area (Å²) in [4.78, 5) is 12.5. The number of rotatable bonds is 8. The average Bonchev–Trinajstić information content (AvgIpc) is 3.21. The largest absolute Gasteiger partial charge is 0.355 e. The molecule has 2 fully saturated rings. The standard InChI is InChI=1S/C20H28Cl2N2O3S2/c21-17-8-7-16(19(22)12-17)14-29(26,27)24-10-3-4-15(13-24)20(25)23-9-11-28-18-5-1-2-6-18/h7-8,12,15,18H,1-6,9-11,13-14H2,(H,23,25). The molecule has 1 heterocycles. The summed E-state index contributed by atoms with van der Waals surface area (Å²) in [6, 6.07) is 4.82. The van der Waals surface area contributed by atoms with Crippen molar-refractivity contribution in [3.63, 3.8) is 0 Å². The Morgan fingerprint density at radius 3 is 2.66 bits per heavy atom. The summed E-state index contributed by atoms with van der Waals surface area (Å²) >= 11 is 14.0. The maximum Gasteiger partial charge on any atom is 0.224 e. The molecule has 1 aliphatic heterocycles. The van der Waals surface area contributed by atoms with Gasteiger partial charge in [-0.25, -0.2) is 12.7 Å². The molecule has 1 N–H and O–H groups in total. The lowest BCUT2D eigenvalue weighted by atomic mass is 9.99. The number of halogens is 2. The van der Waals surface area contributed by atoms with Gasteiger partial charge >= 0.3 is 0 Å². The molecule has 1 unspecified atom stereocenters. The molecule has 1 atom stereocenters. The Morgan fingerprint density at radius 2 is 1.93 bits per heavy atom. The summed E-state index contributed by atoms with van der Waals surface area (Å²) < 4.78 is 27.2. The molecule has 0 bridgehead atoms. The summed E-state index contributed by atoms with van der Waals surface area (Å²) in [6.07, 6.45) is 6.60. The molecule has 29 heavy (non-hydrogen) atoms. The van der Waals surface area contributed by atoms with Crippen molar-refractivity contribution in [1.29, 1.82) is 0 Å². The van der Waals surface area contributed by atoms with Gasteiger partial charge in [-0.1, -0.05) is 42.1 Å². The Morgan fingerprint density at radius 1 is 1.17 bits per heavy atom. The Balaban J connectivity index is 1.49. The van der Waals surface area contributed by atoms with Crippen LogP contribution in [0.2, 0.25) is 10.0 Å². The fourth-order valence-electron chi connectivity index (χ4n) is 3.93. The summed E-state index contributed by atoms with van der Waals surface area (Å²) in [5, 5.41) is 4.54. The third kappa shape index (κ3) is 6.76. The van der Waals surface area contributed by atoms with Crippen LogP contribution in [0.3, 0.4) is 0 Å². The molecule has 1 aromatic rings. The number of carbonyl (C=O) groups excluding carboxylic acids is 1. The topological polar surface area (TPSA) is 66.5 Å². The van der Waals surface area contributed by atoms with E-state index in [2.05, 4.69) is 5.32 Å². The number of hydrogen-bond donors (Lipinski definition) is 1. The molecule has 1 aromatic carbocycles. The van der Waals surface area contributed by atoms with Crippen molar-refractivity contribution in [2.75, 3.05) is 25.4 Å². The second-order valence-electron chi connectivity index (χ2n) is 7.76. The Hall–Kier alpha value is -0.470. The number of benzene rings is 1. The predicted molar refractivity (Wildman–Crippen MR) is 121 cm³/mol. The van der Waals surface area contributed by atoms with Crippen LogP contribution in [0.5, 0.6) is 0 Å². The van der Waals surface area contributed by atoms with E-state index in [0.717, 1.165) is 17.4 Å². The first-order valence-electron chi connectivity index (χ1n) is 10.2. The molecule has 162 valence electrons. The lowest BCUT2D eigenvalue weighted by Gasteiger charge is -2.31. The van der Waals surface area contributed by atoms with E-state index in [1.165, 1.54) is 30.0 Å². The van der Waals surface area contributed by atoms with Gasteiger partial charge in [0.1, 0.15) is 0 Å². The van der Waals surface area contributed by atoms with E-state index < -0.39 is 10.0 Å². The first-order chi connectivity index (χ1) is 13.8. The van der Waals surface area contributed by atoms with E-state index in [-0.39, 0.29) is 24.1 Å². The van der Waals surface area contributed by atoms with E-state index in [1.54, 1.807) is 18.2 Å². The van der Waals surface area contributed by atoms with Crippen LogP contribution >= 0.6 is 35.0 Å². The molecule has 1 saturated heterocycles. The third-order valence-corrected chi connectivity index (χ3v) is 9.32. The second-order valence-corrected chi connectivity index (χ2v) is 12.0. The molecule has 0 aromatic heterocycles. The van der Waals surface area contributed by atoms with Gasteiger partial charge in [0.2, 0.25) is 15.9 Å². The van der Waals surface area contributed by atoms with E-state index in [4.69, 9.17) is 23.2 Å². The van der Waals surface area contributed by atoms with Gasteiger partial charge in [0.15, 0.2) is 0 Å². The highest BCUT2D eigenvalue weighted by Crippen LogP contribution is 2.29. The third-order valence-electron chi connectivity index (χ3n) is 5.56. The minimum atomic E-state index is -3.55. The van der Waals surface area contributed by atoms with Crippen LogP contribution in [0.4, 0.5) is 0 Å². The summed E-state index contributed by atoms with van der Waals surface area (Å²) in [7, 11) is -3.55. The minimum absolute atomic E-state index is 0.0403. The predicted octanol–water partition coefficient (Wildman–Crippen LogP) is 4.33. The number of piperidine rings is 1. The molecular formula is C20H28Cl2N2O3S2. The van der Waals surface area contributed by atoms with Crippen molar-refractivity contribution in [3.8, 4) is 0 Å². The molecular weight excluding hydrogens is 451 g/mol. The molecule has 1 saturated carbocycles. The first kappa shape index (κ1) is 23.2. The highest BCUT2D eigenvalue weighted by molar-refractivity contribution is 7.99.